The molecule has 0 saturated carbocycles. The van der Waals surface area contributed by atoms with Gasteiger partial charge in [0.2, 0.25) is 0 Å². The summed E-state index contributed by atoms with van der Waals surface area (Å²) in [6.07, 6.45) is 0. The summed E-state index contributed by atoms with van der Waals surface area (Å²) in [6, 6.07) is 14.3. The van der Waals surface area contributed by atoms with Gasteiger partial charge in [0, 0.05) is 5.02 Å². The molecular weight excluding hydrogens is 346 g/mol. The van der Waals surface area contributed by atoms with Crippen molar-refractivity contribution in [3.8, 4) is 0 Å². The van der Waals surface area contributed by atoms with E-state index in [0.29, 0.717) is 16.3 Å². The molecule has 0 aliphatic rings. The summed E-state index contributed by atoms with van der Waals surface area (Å²) >= 11 is 10.6. The number of amides is 1. The minimum Gasteiger partial charge on any atom is -0.376 e. The number of hydrogen-bond donors (Lipinski definition) is 3. The summed E-state index contributed by atoms with van der Waals surface area (Å²) in [5, 5.41) is 18.8. The Labute approximate surface area is 149 Å². The summed E-state index contributed by atoms with van der Waals surface area (Å²) in [4.78, 5) is 12.3. The first-order valence-electron chi connectivity index (χ1n) is 6.88. The van der Waals surface area contributed by atoms with Gasteiger partial charge in [-0.05, 0) is 36.0 Å². The van der Waals surface area contributed by atoms with Crippen molar-refractivity contribution in [2.75, 3.05) is 0 Å². The van der Waals surface area contributed by atoms with Crippen LogP contribution in [0.2, 0.25) is 5.02 Å². The molecule has 2 aromatic rings. The van der Waals surface area contributed by atoms with Crippen LogP contribution in [0.5, 0.6) is 0 Å². The normalized spacial score (nSPS) is 11.9. The van der Waals surface area contributed by atoms with Crippen molar-refractivity contribution in [1.82, 2.24) is 5.32 Å². The zero-order chi connectivity index (χ0) is 17.5. The number of hydrogen-bond acceptors (Lipinski definition) is 5. The van der Waals surface area contributed by atoms with E-state index in [-0.39, 0.29) is 10.8 Å². The van der Waals surface area contributed by atoms with Crippen molar-refractivity contribution in [1.29, 1.82) is 5.41 Å². The quantitative estimate of drug-likeness (QED) is 0.433. The van der Waals surface area contributed by atoms with Crippen molar-refractivity contribution in [2.24, 2.45) is 16.0 Å². The first-order chi connectivity index (χ1) is 11.5. The molecule has 6 nitrogen and oxygen atoms in total. The number of carbonyl (C=O) groups is 1. The highest BCUT2D eigenvalue weighted by atomic mass is 35.5. The Morgan fingerprint density at radius 2 is 1.92 bits per heavy atom. The summed E-state index contributed by atoms with van der Waals surface area (Å²) in [6.45, 7) is 0. The summed E-state index contributed by atoms with van der Waals surface area (Å²) in [7, 11) is 0. The standard InChI is InChI=1S/C16H14ClN5OS/c17-11-7-4-8-12(9-11)21-22-14(15(23)20-16(19)24)13(18)10-5-2-1-3-6-10/h1-9,14,18H,(H3,19,20,23,24). The van der Waals surface area contributed by atoms with E-state index >= 15 is 0 Å². The fourth-order valence-electron chi connectivity index (χ4n) is 1.87. The monoisotopic (exact) mass is 359 g/mol. The average molecular weight is 360 g/mol. The zero-order valence-electron chi connectivity index (χ0n) is 12.4. The maximum Gasteiger partial charge on any atom is 0.259 e. The lowest BCUT2D eigenvalue weighted by Gasteiger charge is -2.12. The van der Waals surface area contributed by atoms with Crippen LogP contribution >= 0.6 is 23.8 Å². The molecule has 0 spiro atoms. The molecule has 1 amide bonds. The van der Waals surface area contributed by atoms with E-state index in [1.54, 1.807) is 48.5 Å². The molecule has 0 fully saturated rings. The Morgan fingerprint density at radius 1 is 1.21 bits per heavy atom. The van der Waals surface area contributed by atoms with Crippen molar-refractivity contribution in [3.05, 3.63) is 65.2 Å². The Hall–Kier alpha value is -2.64. The molecule has 8 heteroatoms. The Kier molecular flexibility index (Phi) is 6.11. The lowest BCUT2D eigenvalue weighted by molar-refractivity contribution is -0.119. The van der Waals surface area contributed by atoms with Crippen LogP contribution in [0.4, 0.5) is 5.69 Å². The van der Waals surface area contributed by atoms with Crippen LogP contribution < -0.4 is 11.1 Å². The molecular formula is C16H14ClN5OS. The van der Waals surface area contributed by atoms with Crippen LogP contribution in [0, 0.1) is 5.41 Å². The topological polar surface area (TPSA) is 104 Å². The van der Waals surface area contributed by atoms with E-state index in [4.69, 9.17) is 22.7 Å². The van der Waals surface area contributed by atoms with Gasteiger partial charge in [0.25, 0.3) is 5.91 Å². The van der Waals surface area contributed by atoms with Crippen molar-refractivity contribution >= 4 is 46.2 Å². The van der Waals surface area contributed by atoms with Gasteiger partial charge >= 0.3 is 0 Å². The van der Waals surface area contributed by atoms with E-state index in [0.717, 1.165) is 0 Å². The van der Waals surface area contributed by atoms with Crippen LogP contribution in [0.25, 0.3) is 0 Å². The average Bonchev–Trinajstić information content (AvgIpc) is 2.55. The molecule has 0 saturated heterocycles. The predicted octanol–water partition coefficient (Wildman–Crippen LogP) is 3.22. The molecule has 0 heterocycles. The van der Waals surface area contributed by atoms with Crippen molar-refractivity contribution in [2.45, 2.75) is 6.04 Å². The van der Waals surface area contributed by atoms with Gasteiger partial charge in [-0.1, -0.05) is 48.0 Å². The first kappa shape index (κ1) is 17.7. The molecule has 122 valence electrons. The fourth-order valence-corrected chi connectivity index (χ4v) is 2.15. The van der Waals surface area contributed by atoms with Gasteiger partial charge in [-0.15, -0.1) is 0 Å². The highest BCUT2D eigenvalue weighted by Crippen LogP contribution is 2.19. The number of nitrogens with zero attached hydrogens (tertiary/aromatic N) is 2. The van der Waals surface area contributed by atoms with Crippen LogP contribution in [0.1, 0.15) is 5.56 Å². The number of rotatable bonds is 5. The van der Waals surface area contributed by atoms with E-state index in [1.165, 1.54) is 0 Å². The van der Waals surface area contributed by atoms with Gasteiger partial charge in [-0.3, -0.25) is 4.79 Å². The number of azo groups is 1. The zero-order valence-corrected chi connectivity index (χ0v) is 14.0. The summed E-state index contributed by atoms with van der Waals surface area (Å²) in [5.74, 6) is -0.623. The lowest BCUT2D eigenvalue weighted by atomic mass is 10.0. The highest BCUT2D eigenvalue weighted by molar-refractivity contribution is 7.80. The smallest absolute Gasteiger partial charge is 0.259 e. The molecule has 0 radical (unpaired) electrons. The third kappa shape index (κ3) is 4.94. The Balaban J connectivity index is 2.30. The van der Waals surface area contributed by atoms with E-state index in [9.17, 15) is 4.79 Å². The third-order valence-electron chi connectivity index (χ3n) is 2.95. The van der Waals surface area contributed by atoms with Gasteiger partial charge in [0.1, 0.15) is 0 Å². The maximum absolute atomic E-state index is 12.3. The van der Waals surface area contributed by atoms with Crippen molar-refractivity contribution in [3.63, 3.8) is 0 Å². The van der Waals surface area contributed by atoms with E-state index in [2.05, 4.69) is 27.8 Å². The number of nitrogens with one attached hydrogen (secondary N) is 2. The maximum atomic E-state index is 12.3. The van der Waals surface area contributed by atoms with Gasteiger partial charge in [0.15, 0.2) is 11.2 Å². The Bertz CT molecular complexity index is 794. The summed E-state index contributed by atoms with van der Waals surface area (Å²) < 4.78 is 0. The number of carbonyl (C=O) groups excluding carboxylic acids is 1. The number of nitrogens with two attached hydrogens (primary N) is 1. The van der Waals surface area contributed by atoms with Gasteiger partial charge in [-0.2, -0.15) is 10.2 Å². The molecule has 0 aliphatic carbocycles. The SMILES string of the molecule is N=C(c1ccccc1)C(N=Nc1cccc(Cl)c1)C(=O)NC(N)=S. The number of benzene rings is 2. The molecule has 2 rings (SSSR count). The molecule has 0 aromatic heterocycles. The second-order valence-corrected chi connectivity index (χ2v) is 5.61. The van der Waals surface area contributed by atoms with Crippen LogP contribution in [-0.2, 0) is 4.79 Å². The van der Waals surface area contributed by atoms with Gasteiger partial charge in [0.05, 0.1) is 11.4 Å². The van der Waals surface area contributed by atoms with Crippen LogP contribution in [-0.4, -0.2) is 22.8 Å². The second kappa shape index (κ2) is 8.28. The molecule has 2 aromatic carbocycles. The minimum absolute atomic E-state index is 0.0184. The largest absolute Gasteiger partial charge is 0.376 e. The minimum atomic E-state index is -1.19. The Morgan fingerprint density at radius 3 is 2.54 bits per heavy atom. The fraction of sp³-hybridized carbons (Fsp3) is 0.0625. The van der Waals surface area contributed by atoms with E-state index < -0.39 is 11.9 Å². The highest BCUT2D eigenvalue weighted by Gasteiger charge is 2.24. The predicted molar refractivity (Wildman–Crippen MR) is 98.0 cm³/mol. The van der Waals surface area contributed by atoms with E-state index in [1.807, 2.05) is 6.07 Å². The van der Waals surface area contributed by atoms with Crippen LogP contribution in [0.15, 0.2) is 64.8 Å². The molecule has 1 unspecified atom stereocenters. The molecule has 1 atom stereocenters. The summed E-state index contributed by atoms with van der Waals surface area (Å²) in [5.41, 5.74) is 6.33. The van der Waals surface area contributed by atoms with Gasteiger partial charge in [-0.25, -0.2) is 0 Å². The number of halogens is 1. The first-order valence-corrected chi connectivity index (χ1v) is 7.66. The third-order valence-corrected chi connectivity index (χ3v) is 3.29. The van der Waals surface area contributed by atoms with Crippen molar-refractivity contribution < 1.29 is 4.79 Å². The molecule has 4 N–H and O–H groups in total. The lowest BCUT2D eigenvalue weighted by Crippen LogP contribution is -2.43. The molecule has 0 aliphatic heterocycles. The second-order valence-electron chi connectivity index (χ2n) is 4.73. The van der Waals surface area contributed by atoms with Crippen LogP contribution in [0.3, 0.4) is 0 Å². The van der Waals surface area contributed by atoms with Gasteiger partial charge < -0.3 is 16.5 Å². The molecule has 0 bridgehead atoms. The number of thiocarbonyl (C=S) groups is 1. The molecule has 24 heavy (non-hydrogen) atoms.